The topological polar surface area (TPSA) is 79.0 Å². The minimum atomic E-state index is -3.69. The molecule has 200 valence electrons. The minimum absolute atomic E-state index is 0.299. The van der Waals surface area contributed by atoms with E-state index in [4.69, 9.17) is 11.6 Å². The Hall–Kier alpha value is -2.66. The molecule has 2 fully saturated rings. The molecular formula is C30H35ClN4O2S. The Morgan fingerprint density at radius 2 is 1.66 bits per heavy atom. The van der Waals surface area contributed by atoms with Gasteiger partial charge in [0.05, 0.1) is 22.2 Å². The molecule has 1 aliphatic carbocycles. The summed E-state index contributed by atoms with van der Waals surface area (Å²) in [5.74, 6) is 0.527. The number of halogens is 1. The van der Waals surface area contributed by atoms with Gasteiger partial charge < -0.3 is 4.90 Å². The van der Waals surface area contributed by atoms with Crippen LogP contribution < -0.4 is 0 Å². The van der Waals surface area contributed by atoms with Gasteiger partial charge in [-0.05, 0) is 113 Å². The SMILES string of the molecule is CCn1nc(C)cc1C1CCN(C2CCC(c3ccc(C#N)cc3)(S(=O)(=O)c3ccc(Cl)cc3)CC2)CC1. The molecule has 0 atom stereocenters. The van der Waals surface area contributed by atoms with Crippen molar-refractivity contribution in [3.63, 3.8) is 0 Å². The standard InChI is InChI=1S/C30H35ClN4O2S/c1-3-35-29(20-22(2)33-35)24-14-18-34(19-15-24)27-12-16-30(17-13-27,25-6-4-23(21-32)5-7-25)38(36,37)28-10-8-26(31)9-11-28/h4-11,20,24,27H,3,12-19H2,1-2H3. The van der Waals surface area contributed by atoms with Crippen LogP contribution >= 0.6 is 11.6 Å². The summed E-state index contributed by atoms with van der Waals surface area (Å²) in [7, 11) is -3.69. The average molecular weight is 551 g/mol. The van der Waals surface area contributed by atoms with Gasteiger partial charge in [0.15, 0.2) is 9.84 Å². The molecule has 5 rings (SSSR count). The highest BCUT2D eigenvalue weighted by Gasteiger charge is 2.49. The van der Waals surface area contributed by atoms with Gasteiger partial charge in [-0.2, -0.15) is 10.4 Å². The predicted molar refractivity (Wildman–Crippen MR) is 150 cm³/mol. The quantitative estimate of drug-likeness (QED) is 0.363. The summed E-state index contributed by atoms with van der Waals surface area (Å²) in [5, 5.41) is 14.4. The van der Waals surface area contributed by atoms with Crippen molar-refractivity contribution in [3.05, 3.63) is 82.1 Å². The highest BCUT2D eigenvalue weighted by molar-refractivity contribution is 7.92. The summed E-state index contributed by atoms with van der Waals surface area (Å²) in [5.41, 5.74) is 3.73. The maximum atomic E-state index is 14.2. The maximum Gasteiger partial charge on any atom is 0.188 e. The van der Waals surface area contributed by atoms with E-state index in [0.717, 1.165) is 56.6 Å². The molecule has 1 saturated carbocycles. The van der Waals surface area contributed by atoms with Gasteiger partial charge in [0.1, 0.15) is 4.75 Å². The van der Waals surface area contributed by atoms with Crippen molar-refractivity contribution in [3.8, 4) is 6.07 Å². The molecule has 2 heterocycles. The molecule has 0 unspecified atom stereocenters. The lowest BCUT2D eigenvalue weighted by Gasteiger charge is -2.45. The number of rotatable bonds is 6. The molecular weight excluding hydrogens is 516 g/mol. The fraction of sp³-hybridized carbons (Fsp3) is 0.467. The molecule has 0 bridgehead atoms. The third-order valence-corrected chi connectivity index (χ3v) is 11.5. The zero-order valence-electron chi connectivity index (χ0n) is 22.1. The van der Waals surface area contributed by atoms with Crippen molar-refractivity contribution in [1.82, 2.24) is 14.7 Å². The first-order valence-corrected chi connectivity index (χ1v) is 15.4. The summed E-state index contributed by atoms with van der Waals surface area (Å²) in [6.45, 7) is 7.15. The highest BCUT2D eigenvalue weighted by atomic mass is 35.5. The second-order valence-corrected chi connectivity index (χ2v) is 13.4. The molecule has 0 radical (unpaired) electrons. The Bertz CT molecular complexity index is 1410. The second kappa shape index (κ2) is 10.8. The van der Waals surface area contributed by atoms with E-state index in [1.54, 1.807) is 36.4 Å². The summed E-state index contributed by atoms with van der Waals surface area (Å²) < 4.78 is 29.5. The van der Waals surface area contributed by atoms with Crippen molar-refractivity contribution >= 4 is 21.4 Å². The van der Waals surface area contributed by atoms with Crippen LogP contribution in [-0.2, 0) is 21.1 Å². The minimum Gasteiger partial charge on any atom is -0.300 e. The molecule has 3 aromatic rings. The first-order valence-electron chi connectivity index (χ1n) is 13.6. The monoisotopic (exact) mass is 550 g/mol. The molecule has 2 aromatic carbocycles. The highest BCUT2D eigenvalue weighted by Crippen LogP contribution is 2.48. The molecule has 0 N–H and O–H groups in total. The number of sulfone groups is 1. The van der Waals surface area contributed by atoms with Crippen LogP contribution in [0.3, 0.4) is 0 Å². The van der Waals surface area contributed by atoms with E-state index in [0.29, 0.717) is 40.3 Å². The van der Waals surface area contributed by atoms with E-state index in [1.807, 2.05) is 12.1 Å². The van der Waals surface area contributed by atoms with Gasteiger partial charge >= 0.3 is 0 Å². The van der Waals surface area contributed by atoms with E-state index in [2.05, 4.69) is 40.7 Å². The number of likely N-dealkylation sites (tertiary alicyclic amines) is 1. The van der Waals surface area contributed by atoms with Crippen LogP contribution in [0.25, 0.3) is 0 Å². The normalized spacial score (nSPS) is 23.3. The van der Waals surface area contributed by atoms with Gasteiger partial charge in [0, 0.05) is 29.2 Å². The van der Waals surface area contributed by atoms with E-state index >= 15 is 0 Å². The Kier molecular flexibility index (Phi) is 7.68. The number of aromatic nitrogens is 2. The Morgan fingerprint density at radius 1 is 1.03 bits per heavy atom. The molecule has 38 heavy (non-hydrogen) atoms. The third kappa shape index (κ3) is 4.90. The van der Waals surface area contributed by atoms with Crippen molar-refractivity contribution in [1.29, 1.82) is 5.26 Å². The second-order valence-electron chi connectivity index (χ2n) is 10.7. The average Bonchev–Trinajstić information content (AvgIpc) is 3.34. The number of hydrogen-bond acceptors (Lipinski definition) is 5. The van der Waals surface area contributed by atoms with Crippen LogP contribution in [0.4, 0.5) is 0 Å². The summed E-state index contributed by atoms with van der Waals surface area (Å²) in [4.78, 5) is 2.88. The van der Waals surface area contributed by atoms with Crippen LogP contribution in [0.5, 0.6) is 0 Å². The van der Waals surface area contributed by atoms with Gasteiger partial charge in [0.2, 0.25) is 0 Å². The molecule has 8 heteroatoms. The number of piperidine rings is 1. The van der Waals surface area contributed by atoms with Crippen LogP contribution in [0, 0.1) is 18.3 Å². The first kappa shape index (κ1) is 26.9. The Labute approximate surface area is 231 Å². The Morgan fingerprint density at radius 3 is 2.24 bits per heavy atom. The predicted octanol–water partition coefficient (Wildman–Crippen LogP) is 6.23. The summed E-state index contributed by atoms with van der Waals surface area (Å²) >= 11 is 6.07. The van der Waals surface area contributed by atoms with Gasteiger partial charge in [-0.25, -0.2) is 8.42 Å². The zero-order chi connectivity index (χ0) is 26.9. The summed E-state index contributed by atoms with van der Waals surface area (Å²) in [6.07, 6.45) is 4.95. The number of aryl methyl sites for hydroxylation is 2. The van der Waals surface area contributed by atoms with E-state index in [1.165, 1.54) is 5.69 Å². The van der Waals surface area contributed by atoms with E-state index in [-0.39, 0.29) is 0 Å². The Balaban J connectivity index is 1.35. The first-order chi connectivity index (χ1) is 18.3. The molecule has 6 nitrogen and oxygen atoms in total. The van der Waals surface area contributed by atoms with Crippen LogP contribution in [-0.4, -0.2) is 42.2 Å². The number of nitriles is 1. The number of nitrogens with zero attached hydrogens (tertiary/aromatic N) is 4. The molecule has 1 saturated heterocycles. The largest absolute Gasteiger partial charge is 0.300 e. The van der Waals surface area contributed by atoms with Crippen LogP contribution in [0.2, 0.25) is 5.02 Å². The zero-order valence-corrected chi connectivity index (χ0v) is 23.7. The van der Waals surface area contributed by atoms with E-state index < -0.39 is 14.6 Å². The van der Waals surface area contributed by atoms with Gasteiger partial charge in [-0.3, -0.25) is 4.68 Å². The maximum absolute atomic E-state index is 14.2. The van der Waals surface area contributed by atoms with E-state index in [9.17, 15) is 13.7 Å². The summed E-state index contributed by atoms with van der Waals surface area (Å²) in [6, 6.07) is 18.4. The van der Waals surface area contributed by atoms with Gasteiger partial charge in [-0.1, -0.05) is 23.7 Å². The van der Waals surface area contributed by atoms with Crippen LogP contribution in [0.1, 0.15) is 73.9 Å². The lowest BCUT2D eigenvalue weighted by Crippen LogP contribution is -2.48. The van der Waals surface area contributed by atoms with Crippen molar-refractivity contribution in [2.45, 2.75) is 80.5 Å². The molecule has 2 aliphatic rings. The van der Waals surface area contributed by atoms with Gasteiger partial charge in [0.25, 0.3) is 0 Å². The van der Waals surface area contributed by atoms with Crippen LogP contribution in [0.15, 0.2) is 59.5 Å². The molecule has 1 aliphatic heterocycles. The number of hydrogen-bond donors (Lipinski definition) is 0. The lowest BCUT2D eigenvalue weighted by molar-refractivity contribution is 0.110. The lowest BCUT2D eigenvalue weighted by atomic mass is 9.79. The van der Waals surface area contributed by atoms with Gasteiger partial charge in [-0.15, -0.1) is 0 Å². The fourth-order valence-electron chi connectivity index (χ4n) is 6.54. The third-order valence-electron chi connectivity index (χ3n) is 8.64. The molecule has 1 aromatic heterocycles. The fourth-order valence-corrected chi connectivity index (χ4v) is 8.83. The molecule has 0 amide bonds. The number of benzene rings is 2. The molecule has 0 spiro atoms. The smallest absolute Gasteiger partial charge is 0.188 e. The van der Waals surface area contributed by atoms with Crippen molar-refractivity contribution in [2.75, 3.05) is 13.1 Å². The van der Waals surface area contributed by atoms with Crippen molar-refractivity contribution < 1.29 is 8.42 Å². The van der Waals surface area contributed by atoms with Crippen molar-refractivity contribution in [2.24, 2.45) is 0 Å².